The molecule has 0 aliphatic carbocycles. The third kappa shape index (κ3) is 12.8. The van der Waals surface area contributed by atoms with Crippen LogP contribution in [0.4, 0.5) is 0 Å². The summed E-state index contributed by atoms with van der Waals surface area (Å²) in [6.07, 6.45) is 8.34. The van der Waals surface area contributed by atoms with Crippen LogP contribution in [0.3, 0.4) is 0 Å². The molecule has 596 valence electrons. The molecule has 15 nitrogen and oxygen atoms in total. The first kappa shape index (κ1) is 78.6. The Hall–Kier alpha value is -12.9. The van der Waals surface area contributed by atoms with E-state index in [-0.39, 0.29) is 0 Å². The van der Waals surface area contributed by atoms with Gasteiger partial charge in [0.05, 0.1) is 36.3 Å². The topological polar surface area (TPSA) is 107 Å². The number of rotatable bonds is 5. The Kier molecular flexibility index (Phi) is 20.0. The Morgan fingerprint density at radius 2 is 0.739 bits per heavy atom. The van der Waals surface area contributed by atoms with Gasteiger partial charge in [-0.3, -0.25) is 15.0 Å². The van der Waals surface area contributed by atoms with Crippen molar-refractivity contribution in [3.05, 3.63) is 291 Å². The van der Waals surface area contributed by atoms with E-state index in [2.05, 4.69) is 413 Å². The molecule has 0 spiro atoms. The predicted octanol–water partition coefficient (Wildman–Crippen LogP) is 21.9. The van der Waals surface area contributed by atoms with Crippen LogP contribution in [-0.2, 0) is 35.2 Å². The zero-order valence-corrected chi connectivity index (χ0v) is 73.6. The molecule has 119 heavy (non-hydrogen) atoms. The van der Waals surface area contributed by atoms with Crippen LogP contribution in [0.2, 0.25) is 0 Å². The summed E-state index contributed by atoms with van der Waals surface area (Å²) in [7, 11) is 10.5. The highest BCUT2D eigenvalue weighted by Crippen LogP contribution is 2.41. The number of aromatic nitrogens is 15. The minimum absolute atomic E-state index is 0.421. The molecule has 0 aliphatic heterocycles. The van der Waals surface area contributed by atoms with Crippen molar-refractivity contribution in [3.8, 4) is 11.1 Å². The number of nitrogens with zero attached hydrogens (tertiary/aromatic N) is 15. The van der Waals surface area contributed by atoms with E-state index in [1.54, 1.807) is 0 Å². The van der Waals surface area contributed by atoms with Gasteiger partial charge in [0.15, 0.2) is 39.7 Å². The fraction of sp³-hybridized carbons (Fsp3) is 0.269. The van der Waals surface area contributed by atoms with E-state index in [0.717, 1.165) is 50.4 Å². The summed E-state index contributed by atoms with van der Waals surface area (Å²) >= 11 is 0. The maximum atomic E-state index is 5.06. The average molecular weight is 1570 g/mol. The Morgan fingerprint density at radius 1 is 0.319 bits per heavy atom. The molecule has 0 radical (unpaired) electrons. The van der Waals surface area contributed by atoms with E-state index in [1.165, 1.54) is 182 Å². The van der Waals surface area contributed by atoms with Gasteiger partial charge in [0.1, 0.15) is 60.7 Å². The number of fused-ring (bicyclic) bond motifs is 30. The van der Waals surface area contributed by atoms with Crippen LogP contribution in [0.25, 0.3) is 148 Å². The van der Waals surface area contributed by atoms with Gasteiger partial charge in [0.25, 0.3) is 11.0 Å². The van der Waals surface area contributed by atoms with Crippen LogP contribution in [0, 0.1) is 76.2 Å². The Labute approximate surface area is 695 Å². The van der Waals surface area contributed by atoms with Crippen LogP contribution in [0.5, 0.6) is 0 Å². The molecule has 0 atom stereocenters. The Balaban J connectivity index is 0.000000107. The van der Waals surface area contributed by atoms with Crippen molar-refractivity contribution in [2.75, 3.05) is 0 Å². The number of benzene rings is 6. The fourth-order valence-electron chi connectivity index (χ4n) is 18.7. The minimum atomic E-state index is 0.421. The molecule has 15 aromatic heterocycles. The second-order valence-electron chi connectivity index (χ2n) is 34.5. The standard InChI is InChI=1S/C24H22N3.C21H24N3.2C20H22N3.C19H20N3/c1-15-7-5-8-16(2)21(15)19-10-6-9-18-20-12-14-26(4)27(20)24-17(3)11-13-25-23(24)22(18)19;1-12(2)18-11-13(3)20-19(22-18)16-9-7-8-10-17(16)21-14(4)15(5)23(6)24(20)21;1-12(2)17-10-13(3)20-18(21-17)15-8-6-7-9-16(15)19-14(4)11-22(5)23(19)20;1-12(2)17-10-13(3)20-19(21-17)16-9-7-6-8-15(16)18-11-14(4)22(5)23(18)20;1-12(2)16-11-13(3)19-18(20-16)15-8-6-5-7-14(15)17-9-10-21(4)22(17)19/h5-14H,1-4H3;7-12H,1-6H3;2*6-12H,1-5H3;5-12H,1-4H3/q5*+1. The lowest BCUT2D eigenvalue weighted by Crippen LogP contribution is -2.34. The molecule has 0 aliphatic rings. The van der Waals surface area contributed by atoms with Crippen LogP contribution >= 0.6 is 0 Å². The van der Waals surface area contributed by atoms with Crippen molar-refractivity contribution in [2.24, 2.45) is 35.2 Å². The summed E-state index contributed by atoms with van der Waals surface area (Å²) in [6.45, 7) is 41.7. The smallest absolute Gasteiger partial charge is 0.254 e. The normalized spacial score (nSPS) is 12.0. The molecule has 0 fully saturated rings. The van der Waals surface area contributed by atoms with E-state index < -0.39 is 0 Å². The fourth-order valence-corrected chi connectivity index (χ4v) is 18.7. The minimum Gasteiger partial charge on any atom is -0.254 e. The molecule has 0 unspecified atom stereocenters. The zero-order chi connectivity index (χ0) is 83.9. The molecule has 0 saturated heterocycles. The highest BCUT2D eigenvalue weighted by molar-refractivity contribution is 6.18. The van der Waals surface area contributed by atoms with E-state index in [1.807, 2.05) is 6.20 Å². The number of hydrogen-bond acceptors (Lipinski definition) is 5. The molecule has 0 amide bonds. The first-order valence-corrected chi connectivity index (χ1v) is 42.1. The highest BCUT2D eigenvalue weighted by Gasteiger charge is 2.30. The molecule has 6 aromatic carbocycles. The summed E-state index contributed by atoms with van der Waals surface area (Å²) in [5.74, 6) is 1.70. The predicted molar refractivity (Wildman–Crippen MR) is 491 cm³/mol. The molecular formula is C104H110N15+5. The van der Waals surface area contributed by atoms with Gasteiger partial charge < -0.3 is 0 Å². The van der Waals surface area contributed by atoms with Crippen molar-refractivity contribution in [3.63, 3.8) is 0 Å². The average Bonchev–Trinajstić information content (AvgIpc) is 1.63. The van der Waals surface area contributed by atoms with Crippen molar-refractivity contribution < 1.29 is 23.1 Å². The second-order valence-corrected chi connectivity index (χ2v) is 34.5. The van der Waals surface area contributed by atoms with Gasteiger partial charge in [-0.2, -0.15) is 9.36 Å². The van der Waals surface area contributed by atoms with Crippen molar-refractivity contribution >= 4 is 137 Å². The van der Waals surface area contributed by atoms with Crippen LogP contribution in [-0.4, -0.2) is 47.8 Å². The van der Waals surface area contributed by atoms with Gasteiger partial charge >= 0.3 is 0 Å². The molecule has 0 saturated carbocycles. The number of aryl methyl sites for hydroxylation is 15. The van der Waals surface area contributed by atoms with Gasteiger partial charge in [0, 0.05) is 113 Å². The summed E-state index contributed by atoms with van der Waals surface area (Å²) in [4.78, 5) is 25.0. The third-order valence-corrected chi connectivity index (χ3v) is 25.0. The second kappa shape index (κ2) is 30.2. The van der Waals surface area contributed by atoms with E-state index in [0.29, 0.717) is 23.7 Å². The number of hydrogen-bond donors (Lipinski definition) is 0. The van der Waals surface area contributed by atoms with Crippen molar-refractivity contribution in [2.45, 2.75) is 155 Å². The van der Waals surface area contributed by atoms with Gasteiger partial charge in [-0.25, -0.2) is 9.97 Å². The SMILES string of the molecule is Cc1c(C)n(C)[n+]2c1c1ccccc1c1nc(C(C)C)cc(C)c12.Cc1c[n+](C)n2c1c1ccccc1c1nc(C(C)C)cc(C)c12.Cc1cc(C(C)C)nc2c3ccccc3c3cc(C)n(C)[n+]3c12.Cc1cc(C(C)C)nc2c3ccccc3c3cc[n+](C)n3c12.Cc1cccc(C)c1-c1cccc2c1c1nccc(C)c1n1c2cc[n+]1C. The first-order chi connectivity index (χ1) is 57.0. The summed E-state index contributed by atoms with van der Waals surface area (Å²) in [5, 5.41) is 12.5. The molecule has 21 aromatic rings. The molecule has 15 heteroatoms. The molecular weight excluding hydrogens is 1460 g/mol. The Bertz CT molecular complexity index is 7680. The lowest BCUT2D eigenvalue weighted by Gasteiger charge is -2.15. The van der Waals surface area contributed by atoms with Crippen molar-refractivity contribution in [1.29, 1.82) is 0 Å². The number of pyridine rings is 10. The summed E-state index contributed by atoms with van der Waals surface area (Å²) in [5.41, 5.74) is 39.0. The molecule has 21 rings (SSSR count). The van der Waals surface area contributed by atoms with Crippen molar-refractivity contribution in [1.82, 2.24) is 47.8 Å². The summed E-state index contributed by atoms with van der Waals surface area (Å²) in [6, 6.07) is 65.2. The molecule has 15 heterocycles. The lowest BCUT2D eigenvalue weighted by atomic mass is 9.91. The highest BCUT2D eigenvalue weighted by atomic mass is 15.4. The maximum Gasteiger partial charge on any atom is 0.265 e. The van der Waals surface area contributed by atoms with E-state index in [4.69, 9.17) is 24.9 Å². The van der Waals surface area contributed by atoms with Gasteiger partial charge in [0.2, 0.25) is 11.0 Å². The van der Waals surface area contributed by atoms with E-state index >= 15 is 0 Å². The molecule has 0 bridgehead atoms. The summed E-state index contributed by atoms with van der Waals surface area (Å²) < 4.78 is 22.4. The third-order valence-electron chi connectivity index (χ3n) is 25.0. The molecule has 0 N–H and O–H groups in total. The largest absolute Gasteiger partial charge is 0.265 e. The first-order valence-electron chi connectivity index (χ1n) is 42.1. The van der Waals surface area contributed by atoms with E-state index in [9.17, 15) is 0 Å². The van der Waals surface area contributed by atoms with Gasteiger partial charge in [-0.15, -0.1) is 27.6 Å². The van der Waals surface area contributed by atoms with Crippen LogP contribution < -0.4 is 23.1 Å². The van der Waals surface area contributed by atoms with Gasteiger partial charge in [-0.05, 0) is 181 Å². The quantitative estimate of drug-likeness (QED) is 0.126. The van der Waals surface area contributed by atoms with Crippen LogP contribution in [0.1, 0.15) is 163 Å². The van der Waals surface area contributed by atoms with Gasteiger partial charge in [-0.1, -0.05) is 186 Å². The Morgan fingerprint density at radius 3 is 1.28 bits per heavy atom. The zero-order valence-electron chi connectivity index (χ0n) is 73.6. The van der Waals surface area contributed by atoms with Crippen LogP contribution in [0.15, 0.2) is 207 Å². The maximum absolute atomic E-state index is 5.06. The lowest BCUT2D eigenvalue weighted by molar-refractivity contribution is -0.735. The monoisotopic (exact) mass is 1570 g/mol.